The Balaban J connectivity index is 2.28. The van der Waals surface area contributed by atoms with Crippen LogP contribution in [-0.2, 0) is 19.1 Å². The van der Waals surface area contributed by atoms with Crippen LogP contribution >= 0.6 is 0 Å². The minimum atomic E-state index is -0.437. The summed E-state index contributed by atoms with van der Waals surface area (Å²) in [7, 11) is 0. The predicted octanol–water partition coefficient (Wildman–Crippen LogP) is 1.84. The van der Waals surface area contributed by atoms with E-state index in [2.05, 4.69) is 6.58 Å². The van der Waals surface area contributed by atoms with Crippen molar-refractivity contribution in [1.29, 1.82) is 0 Å². The molecule has 1 aliphatic heterocycles. The van der Waals surface area contributed by atoms with Gasteiger partial charge in [-0.1, -0.05) is 13.5 Å². The van der Waals surface area contributed by atoms with Crippen LogP contribution in [0.2, 0.25) is 0 Å². The van der Waals surface area contributed by atoms with Gasteiger partial charge < -0.3 is 9.47 Å². The minimum absolute atomic E-state index is 0.0132. The molecule has 0 bridgehead atoms. The second kappa shape index (κ2) is 6.30. The summed E-state index contributed by atoms with van der Waals surface area (Å²) in [4.78, 5) is 22.2. The molecule has 1 rings (SSSR count). The first kappa shape index (κ1) is 12.7. The van der Waals surface area contributed by atoms with Gasteiger partial charge in [-0.2, -0.15) is 0 Å². The maximum Gasteiger partial charge on any atom is 0.330 e. The number of hydrogen-bond acceptors (Lipinski definition) is 4. The Morgan fingerprint density at radius 3 is 3.06 bits per heavy atom. The van der Waals surface area contributed by atoms with Crippen molar-refractivity contribution >= 4 is 11.9 Å². The van der Waals surface area contributed by atoms with Gasteiger partial charge in [0, 0.05) is 12.5 Å². The van der Waals surface area contributed by atoms with E-state index in [0.717, 1.165) is 25.3 Å². The molecule has 16 heavy (non-hydrogen) atoms. The van der Waals surface area contributed by atoms with Crippen LogP contribution in [-0.4, -0.2) is 24.6 Å². The average molecular weight is 226 g/mol. The zero-order valence-electron chi connectivity index (χ0n) is 9.61. The summed E-state index contributed by atoms with van der Waals surface area (Å²) >= 11 is 0. The highest BCUT2D eigenvalue weighted by Crippen LogP contribution is 2.20. The molecule has 90 valence electrons. The molecule has 0 N–H and O–H groups in total. The summed E-state index contributed by atoms with van der Waals surface area (Å²) in [5.74, 6) is -0.591. The fourth-order valence-corrected chi connectivity index (χ4v) is 1.66. The van der Waals surface area contributed by atoms with E-state index in [-0.39, 0.29) is 24.6 Å². The number of carbonyl (C=O) groups excluding carboxylic acids is 2. The van der Waals surface area contributed by atoms with Gasteiger partial charge in [0.1, 0.15) is 6.10 Å². The fraction of sp³-hybridized carbons (Fsp3) is 0.667. The minimum Gasteiger partial charge on any atom is -0.462 e. The number of rotatable bonds is 4. The molecule has 0 aromatic heterocycles. The lowest BCUT2D eigenvalue weighted by atomic mass is 10.0. The molecule has 0 aliphatic carbocycles. The second-order valence-electron chi connectivity index (χ2n) is 4.05. The normalized spacial score (nSPS) is 25.4. The molecule has 0 amide bonds. The number of cyclic esters (lactones) is 1. The van der Waals surface area contributed by atoms with Crippen LogP contribution in [0.15, 0.2) is 12.7 Å². The fourth-order valence-electron chi connectivity index (χ4n) is 1.66. The molecule has 1 saturated heterocycles. The zero-order chi connectivity index (χ0) is 12.0. The first-order valence-corrected chi connectivity index (χ1v) is 5.63. The molecule has 2 atom stereocenters. The van der Waals surface area contributed by atoms with Gasteiger partial charge in [0.25, 0.3) is 0 Å². The quantitative estimate of drug-likeness (QED) is 0.542. The molecule has 0 aromatic carbocycles. The Morgan fingerprint density at radius 2 is 2.38 bits per heavy atom. The van der Waals surface area contributed by atoms with Crippen molar-refractivity contribution in [2.24, 2.45) is 5.92 Å². The highest BCUT2D eigenvalue weighted by atomic mass is 16.6. The standard InChI is InChI=1S/C12H18O4/c1-3-11(13)15-8-7-10-6-4-5-9(2)12(14)16-10/h3,9-10H,1,4-8H2,2H3. The first-order chi connectivity index (χ1) is 7.63. The molecular formula is C12H18O4. The van der Waals surface area contributed by atoms with E-state index in [0.29, 0.717) is 6.42 Å². The van der Waals surface area contributed by atoms with Gasteiger partial charge in [-0.25, -0.2) is 4.79 Å². The van der Waals surface area contributed by atoms with Crippen LogP contribution in [0.25, 0.3) is 0 Å². The maximum absolute atomic E-state index is 11.4. The molecule has 2 unspecified atom stereocenters. The van der Waals surface area contributed by atoms with Crippen LogP contribution in [0.3, 0.4) is 0 Å². The lowest BCUT2D eigenvalue weighted by Gasteiger charge is -2.15. The van der Waals surface area contributed by atoms with Crippen LogP contribution in [0.1, 0.15) is 32.6 Å². The SMILES string of the molecule is C=CC(=O)OCCC1CCCC(C)C(=O)O1. The van der Waals surface area contributed by atoms with E-state index < -0.39 is 5.97 Å². The Morgan fingerprint density at radius 1 is 1.62 bits per heavy atom. The van der Waals surface area contributed by atoms with Crippen molar-refractivity contribution in [2.45, 2.75) is 38.7 Å². The van der Waals surface area contributed by atoms with E-state index in [4.69, 9.17) is 9.47 Å². The summed E-state index contributed by atoms with van der Waals surface area (Å²) in [6.07, 6.45) is 4.28. The number of hydrogen-bond donors (Lipinski definition) is 0. The maximum atomic E-state index is 11.4. The molecule has 1 fully saturated rings. The summed E-state index contributed by atoms with van der Waals surface area (Å²) in [5.41, 5.74) is 0. The Kier molecular flexibility index (Phi) is 5.02. The molecular weight excluding hydrogens is 208 g/mol. The monoisotopic (exact) mass is 226 g/mol. The van der Waals surface area contributed by atoms with Crippen molar-refractivity contribution in [3.63, 3.8) is 0 Å². The van der Waals surface area contributed by atoms with Gasteiger partial charge in [0.2, 0.25) is 0 Å². The molecule has 0 spiro atoms. The molecule has 4 nitrogen and oxygen atoms in total. The third-order valence-electron chi connectivity index (χ3n) is 2.70. The summed E-state index contributed by atoms with van der Waals surface area (Å²) in [5, 5.41) is 0. The number of carbonyl (C=O) groups is 2. The van der Waals surface area contributed by atoms with Crippen LogP contribution in [0, 0.1) is 5.92 Å². The third kappa shape index (κ3) is 4.04. The zero-order valence-corrected chi connectivity index (χ0v) is 9.61. The van der Waals surface area contributed by atoms with Gasteiger partial charge in [-0.3, -0.25) is 4.79 Å². The number of ether oxygens (including phenoxy) is 2. The lowest BCUT2D eigenvalue weighted by Crippen LogP contribution is -2.21. The summed E-state index contributed by atoms with van der Waals surface area (Å²) in [6.45, 7) is 5.46. The van der Waals surface area contributed by atoms with E-state index >= 15 is 0 Å². The highest BCUT2D eigenvalue weighted by molar-refractivity contribution is 5.81. The molecule has 0 aromatic rings. The third-order valence-corrected chi connectivity index (χ3v) is 2.70. The largest absolute Gasteiger partial charge is 0.462 e. The van der Waals surface area contributed by atoms with Gasteiger partial charge in [0.05, 0.1) is 12.5 Å². The summed E-state index contributed by atoms with van der Waals surface area (Å²) < 4.78 is 10.1. The van der Waals surface area contributed by atoms with E-state index in [1.807, 2.05) is 6.92 Å². The lowest BCUT2D eigenvalue weighted by molar-refractivity contribution is -0.153. The molecule has 0 radical (unpaired) electrons. The number of esters is 2. The average Bonchev–Trinajstić information content (AvgIpc) is 2.42. The topological polar surface area (TPSA) is 52.6 Å². The van der Waals surface area contributed by atoms with Gasteiger partial charge >= 0.3 is 11.9 Å². The van der Waals surface area contributed by atoms with Gasteiger partial charge in [-0.15, -0.1) is 0 Å². The van der Waals surface area contributed by atoms with E-state index in [1.165, 1.54) is 0 Å². The van der Waals surface area contributed by atoms with Crippen LogP contribution in [0.5, 0.6) is 0 Å². The first-order valence-electron chi connectivity index (χ1n) is 5.63. The second-order valence-corrected chi connectivity index (χ2v) is 4.05. The van der Waals surface area contributed by atoms with Crippen LogP contribution in [0.4, 0.5) is 0 Å². The van der Waals surface area contributed by atoms with Crippen LogP contribution < -0.4 is 0 Å². The predicted molar refractivity (Wildman–Crippen MR) is 58.7 cm³/mol. The van der Waals surface area contributed by atoms with Gasteiger partial charge in [0.15, 0.2) is 0 Å². The Labute approximate surface area is 95.6 Å². The van der Waals surface area contributed by atoms with Crippen molar-refractivity contribution in [2.75, 3.05) is 6.61 Å². The molecule has 1 heterocycles. The Hall–Kier alpha value is -1.32. The van der Waals surface area contributed by atoms with Crippen molar-refractivity contribution in [3.05, 3.63) is 12.7 Å². The molecule has 1 aliphatic rings. The van der Waals surface area contributed by atoms with E-state index in [9.17, 15) is 9.59 Å². The Bertz CT molecular complexity index is 272. The van der Waals surface area contributed by atoms with Crippen molar-refractivity contribution in [1.82, 2.24) is 0 Å². The molecule has 0 saturated carbocycles. The summed E-state index contributed by atoms with van der Waals surface area (Å²) in [6, 6.07) is 0. The van der Waals surface area contributed by atoms with E-state index in [1.54, 1.807) is 0 Å². The molecule has 4 heteroatoms. The highest BCUT2D eigenvalue weighted by Gasteiger charge is 2.24. The van der Waals surface area contributed by atoms with Gasteiger partial charge in [-0.05, 0) is 19.3 Å². The van der Waals surface area contributed by atoms with Crippen molar-refractivity contribution < 1.29 is 19.1 Å². The van der Waals surface area contributed by atoms with Crippen molar-refractivity contribution in [3.8, 4) is 0 Å². The smallest absolute Gasteiger partial charge is 0.330 e.